The lowest BCUT2D eigenvalue weighted by Crippen LogP contribution is -2.14. The summed E-state index contributed by atoms with van der Waals surface area (Å²) in [5, 5.41) is 10.3. The van der Waals surface area contributed by atoms with E-state index in [2.05, 4.69) is 0 Å². The summed E-state index contributed by atoms with van der Waals surface area (Å²) in [5.74, 6) is -0.0471. The monoisotopic (exact) mass is 309 g/mol. The molecule has 1 N–H and O–H groups in total. The fraction of sp³-hybridized carbons (Fsp3) is 0.211. The van der Waals surface area contributed by atoms with Crippen LogP contribution in [-0.2, 0) is 6.54 Å². The van der Waals surface area contributed by atoms with Gasteiger partial charge >= 0.3 is 5.97 Å². The summed E-state index contributed by atoms with van der Waals surface area (Å²) in [5.41, 5.74) is 3.37. The quantitative estimate of drug-likeness (QED) is 0.774. The van der Waals surface area contributed by atoms with Gasteiger partial charge in [0.25, 0.3) is 0 Å². The van der Waals surface area contributed by atoms with Crippen LogP contribution in [0.25, 0.3) is 10.9 Å². The van der Waals surface area contributed by atoms with Gasteiger partial charge in [-0.3, -0.25) is 0 Å². The molecule has 3 aromatic rings. The summed E-state index contributed by atoms with van der Waals surface area (Å²) in [4.78, 5) is 11.5. The lowest BCUT2D eigenvalue weighted by Gasteiger charge is -2.13. The van der Waals surface area contributed by atoms with Crippen LogP contribution in [0.2, 0.25) is 0 Å². The summed E-state index contributed by atoms with van der Waals surface area (Å²) < 4.78 is 7.71. The molecule has 0 aliphatic heterocycles. The highest BCUT2D eigenvalue weighted by molar-refractivity contribution is 5.94. The number of hydrogen-bond donors (Lipinski definition) is 1. The Labute approximate surface area is 134 Å². The van der Waals surface area contributed by atoms with E-state index in [1.165, 1.54) is 0 Å². The maximum Gasteiger partial charge on any atom is 0.352 e. The van der Waals surface area contributed by atoms with Gasteiger partial charge in [-0.25, -0.2) is 4.79 Å². The maximum absolute atomic E-state index is 11.5. The number of aromatic nitrogens is 1. The third-order valence-electron chi connectivity index (χ3n) is 4.00. The molecule has 0 spiro atoms. The van der Waals surface area contributed by atoms with Gasteiger partial charge in [0.1, 0.15) is 18.1 Å². The second-order valence-corrected chi connectivity index (χ2v) is 5.61. The number of carboxylic acid groups (broad SMARTS) is 1. The van der Waals surface area contributed by atoms with E-state index < -0.39 is 5.97 Å². The molecule has 0 bridgehead atoms. The van der Waals surface area contributed by atoms with E-state index >= 15 is 0 Å². The molecule has 0 unspecified atom stereocenters. The first-order valence-corrected chi connectivity index (χ1v) is 7.58. The number of hydrogen-bond acceptors (Lipinski definition) is 2. The van der Waals surface area contributed by atoms with Crippen molar-refractivity contribution in [3.05, 3.63) is 65.4 Å². The first kappa shape index (κ1) is 15.2. The summed E-state index contributed by atoms with van der Waals surface area (Å²) in [6.07, 6.45) is 0. The van der Waals surface area contributed by atoms with Gasteiger partial charge in [-0.1, -0.05) is 36.4 Å². The molecular formula is C19H19NO3. The van der Waals surface area contributed by atoms with Crippen LogP contribution in [-0.4, -0.2) is 22.2 Å². The highest BCUT2D eigenvalue weighted by Crippen LogP contribution is 2.23. The molecule has 0 saturated heterocycles. The average Bonchev–Trinajstić information content (AvgIpc) is 2.89. The molecule has 0 saturated carbocycles. The van der Waals surface area contributed by atoms with E-state index in [1.807, 2.05) is 56.3 Å². The van der Waals surface area contributed by atoms with E-state index in [9.17, 15) is 9.90 Å². The van der Waals surface area contributed by atoms with E-state index in [0.717, 1.165) is 27.8 Å². The van der Waals surface area contributed by atoms with E-state index in [1.54, 1.807) is 10.6 Å². The summed E-state index contributed by atoms with van der Waals surface area (Å²) in [6, 6.07) is 15.4. The Morgan fingerprint density at radius 2 is 1.78 bits per heavy atom. The third-order valence-corrected chi connectivity index (χ3v) is 4.00. The highest BCUT2D eigenvalue weighted by Gasteiger charge is 2.14. The predicted octanol–water partition coefficient (Wildman–Crippen LogP) is 4.04. The summed E-state index contributed by atoms with van der Waals surface area (Å²) >= 11 is 0. The maximum atomic E-state index is 11.5. The van der Waals surface area contributed by atoms with E-state index in [-0.39, 0.29) is 5.69 Å². The van der Waals surface area contributed by atoms with Crippen molar-refractivity contribution in [3.63, 3.8) is 0 Å². The number of para-hydroxylation sites is 2. The van der Waals surface area contributed by atoms with Crippen molar-refractivity contribution in [1.29, 1.82) is 0 Å². The molecule has 1 aromatic heterocycles. The number of ether oxygens (including phenoxy) is 1. The van der Waals surface area contributed by atoms with Crippen LogP contribution in [0.15, 0.2) is 48.5 Å². The molecule has 3 rings (SSSR count). The lowest BCUT2D eigenvalue weighted by molar-refractivity contribution is 0.0684. The molecular weight excluding hydrogens is 290 g/mol. The molecule has 0 aliphatic rings. The van der Waals surface area contributed by atoms with Gasteiger partial charge in [0.15, 0.2) is 0 Å². The highest BCUT2D eigenvalue weighted by atomic mass is 16.5. The number of fused-ring (bicyclic) bond motifs is 1. The average molecular weight is 309 g/mol. The number of benzene rings is 2. The molecule has 2 aromatic carbocycles. The smallest absolute Gasteiger partial charge is 0.352 e. The normalized spacial score (nSPS) is 10.9. The number of rotatable bonds is 5. The minimum absolute atomic E-state index is 0.288. The van der Waals surface area contributed by atoms with Gasteiger partial charge < -0.3 is 14.4 Å². The van der Waals surface area contributed by atoms with Crippen molar-refractivity contribution in [2.45, 2.75) is 20.4 Å². The van der Waals surface area contributed by atoms with Crippen molar-refractivity contribution in [2.75, 3.05) is 6.61 Å². The first-order valence-electron chi connectivity index (χ1n) is 7.58. The summed E-state index contributed by atoms with van der Waals surface area (Å²) in [7, 11) is 0. The van der Waals surface area contributed by atoms with Gasteiger partial charge in [0.05, 0.1) is 6.54 Å². The van der Waals surface area contributed by atoms with Gasteiger partial charge in [0.2, 0.25) is 0 Å². The third kappa shape index (κ3) is 2.93. The van der Waals surface area contributed by atoms with Crippen molar-refractivity contribution in [1.82, 2.24) is 4.57 Å². The van der Waals surface area contributed by atoms with Crippen LogP contribution in [0.3, 0.4) is 0 Å². The zero-order valence-corrected chi connectivity index (χ0v) is 13.2. The molecule has 23 heavy (non-hydrogen) atoms. The standard InChI is InChI=1S/C19H19NO3/c1-13-6-5-7-14(2)18(13)23-11-10-20-16-9-4-3-8-15(16)12-17(20)19(21)22/h3-9,12H,10-11H2,1-2H3,(H,21,22). The fourth-order valence-corrected chi connectivity index (χ4v) is 2.89. The Balaban J connectivity index is 1.84. The Kier molecular flexibility index (Phi) is 4.06. The van der Waals surface area contributed by atoms with Gasteiger partial charge in [-0.15, -0.1) is 0 Å². The first-order chi connectivity index (χ1) is 11.1. The Morgan fingerprint density at radius 1 is 1.09 bits per heavy atom. The fourth-order valence-electron chi connectivity index (χ4n) is 2.89. The van der Waals surface area contributed by atoms with Crippen LogP contribution in [0.4, 0.5) is 0 Å². The van der Waals surface area contributed by atoms with Crippen LogP contribution < -0.4 is 4.74 Å². The largest absolute Gasteiger partial charge is 0.491 e. The number of aromatic carboxylic acids is 1. The van der Waals surface area contributed by atoms with Crippen LogP contribution in [0, 0.1) is 13.8 Å². The predicted molar refractivity (Wildman–Crippen MR) is 90.3 cm³/mol. The van der Waals surface area contributed by atoms with Crippen molar-refractivity contribution < 1.29 is 14.6 Å². The Hall–Kier alpha value is -2.75. The van der Waals surface area contributed by atoms with Gasteiger partial charge in [0, 0.05) is 10.9 Å². The zero-order chi connectivity index (χ0) is 16.4. The SMILES string of the molecule is Cc1cccc(C)c1OCCn1c(C(=O)O)cc2ccccc21. The second kappa shape index (κ2) is 6.16. The van der Waals surface area contributed by atoms with E-state index in [4.69, 9.17) is 4.74 Å². The number of nitrogens with zero attached hydrogens (tertiary/aromatic N) is 1. The second-order valence-electron chi connectivity index (χ2n) is 5.61. The molecule has 0 radical (unpaired) electrons. The van der Waals surface area contributed by atoms with Crippen molar-refractivity contribution in [3.8, 4) is 5.75 Å². The molecule has 4 nitrogen and oxygen atoms in total. The molecule has 0 fully saturated rings. The molecule has 0 aliphatic carbocycles. The topological polar surface area (TPSA) is 51.5 Å². The van der Waals surface area contributed by atoms with Gasteiger partial charge in [-0.2, -0.15) is 0 Å². The van der Waals surface area contributed by atoms with Crippen LogP contribution in [0.5, 0.6) is 5.75 Å². The van der Waals surface area contributed by atoms with E-state index in [0.29, 0.717) is 13.2 Å². The number of carbonyl (C=O) groups is 1. The number of carboxylic acids is 1. The molecule has 118 valence electrons. The van der Waals surface area contributed by atoms with Crippen molar-refractivity contribution in [2.24, 2.45) is 0 Å². The lowest BCUT2D eigenvalue weighted by atomic mass is 10.1. The minimum atomic E-state index is -0.923. The minimum Gasteiger partial charge on any atom is -0.491 e. The molecule has 4 heteroatoms. The Bertz CT molecular complexity index is 844. The Morgan fingerprint density at radius 3 is 2.48 bits per heavy atom. The number of aryl methyl sites for hydroxylation is 2. The summed E-state index contributed by atoms with van der Waals surface area (Å²) in [6.45, 7) is 4.93. The molecule has 0 amide bonds. The van der Waals surface area contributed by atoms with Gasteiger partial charge in [-0.05, 0) is 37.1 Å². The van der Waals surface area contributed by atoms with Crippen LogP contribution in [0.1, 0.15) is 21.6 Å². The molecule has 1 heterocycles. The van der Waals surface area contributed by atoms with Crippen LogP contribution >= 0.6 is 0 Å². The molecule has 0 atom stereocenters. The zero-order valence-electron chi connectivity index (χ0n) is 13.2. The van der Waals surface area contributed by atoms with Crippen molar-refractivity contribution >= 4 is 16.9 Å².